The third kappa shape index (κ3) is 3.48. The zero-order chi connectivity index (χ0) is 13.9. The van der Waals surface area contributed by atoms with Crippen LogP contribution in [-0.4, -0.2) is 60.1 Å². The van der Waals surface area contributed by atoms with E-state index in [-0.39, 0.29) is 0 Å². The van der Waals surface area contributed by atoms with Gasteiger partial charge in [-0.1, -0.05) is 25.7 Å². The molecule has 0 aromatic heterocycles. The Morgan fingerprint density at radius 1 is 1.21 bits per heavy atom. The van der Waals surface area contributed by atoms with Gasteiger partial charge in [0.2, 0.25) is 0 Å². The monoisotopic (exact) mass is 268 g/mol. The van der Waals surface area contributed by atoms with Gasteiger partial charge in [-0.05, 0) is 26.8 Å². The molecule has 1 saturated carbocycles. The van der Waals surface area contributed by atoms with Crippen molar-refractivity contribution in [1.82, 2.24) is 9.80 Å². The molecule has 2 aliphatic rings. The SMILES string of the molecule is CC1CN(C)CCN1CC1(C(=O)O)CCCCCC1. The van der Waals surface area contributed by atoms with Crippen LogP contribution in [0, 0.1) is 5.41 Å². The molecule has 0 radical (unpaired) electrons. The van der Waals surface area contributed by atoms with E-state index in [1.54, 1.807) is 0 Å². The maximum Gasteiger partial charge on any atom is 0.310 e. The summed E-state index contributed by atoms with van der Waals surface area (Å²) in [6.07, 6.45) is 6.28. The molecule has 4 nitrogen and oxygen atoms in total. The van der Waals surface area contributed by atoms with Gasteiger partial charge in [0.15, 0.2) is 0 Å². The van der Waals surface area contributed by atoms with E-state index < -0.39 is 11.4 Å². The van der Waals surface area contributed by atoms with Crippen molar-refractivity contribution in [3.8, 4) is 0 Å². The summed E-state index contributed by atoms with van der Waals surface area (Å²) in [6.45, 7) is 6.09. The van der Waals surface area contributed by atoms with E-state index in [9.17, 15) is 9.90 Å². The van der Waals surface area contributed by atoms with Gasteiger partial charge in [0.1, 0.15) is 0 Å². The second-order valence-electron chi connectivity index (χ2n) is 6.58. The van der Waals surface area contributed by atoms with Crippen LogP contribution in [0.3, 0.4) is 0 Å². The second kappa shape index (κ2) is 6.23. The van der Waals surface area contributed by atoms with Crippen molar-refractivity contribution in [3.05, 3.63) is 0 Å². The summed E-state index contributed by atoms with van der Waals surface area (Å²) in [4.78, 5) is 16.6. The first-order valence-electron chi connectivity index (χ1n) is 7.69. The Hall–Kier alpha value is -0.610. The first kappa shape index (κ1) is 14.8. The summed E-state index contributed by atoms with van der Waals surface area (Å²) in [5, 5.41) is 9.75. The highest BCUT2D eigenvalue weighted by molar-refractivity contribution is 5.75. The molecule has 1 atom stereocenters. The number of piperazine rings is 1. The topological polar surface area (TPSA) is 43.8 Å². The average Bonchev–Trinajstić information content (AvgIpc) is 2.59. The van der Waals surface area contributed by atoms with E-state index in [0.29, 0.717) is 6.04 Å². The lowest BCUT2D eigenvalue weighted by Crippen LogP contribution is -2.55. The number of rotatable bonds is 3. The fourth-order valence-corrected chi connectivity index (χ4v) is 3.65. The van der Waals surface area contributed by atoms with Gasteiger partial charge in [-0.25, -0.2) is 0 Å². The van der Waals surface area contributed by atoms with Crippen LogP contribution in [0.5, 0.6) is 0 Å². The zero-order valence-electron chi connectivity index (χ0n) is 12.4. The summed E-state index contributed by atoms with van der Waals surface area (Å²) in [5.41, 5.74) is -0.485. The van der Waals surface area contributed by atoms with Crippen LogP contribution in [0.2, 0.25) is 0 Å². The quantitative estimate of drug-likeness (QED) is 0.796. The first-order chi connectivity index (χ1) is 9.03. The molecule has 0 spiro atoms. The number of hydrogen-bond acceptors (Lipinski definition) is 3. The van der Waals surface area contributed by atoms with Crippen molar-refractivity contribution in [3.63, 3.8) is 0 Å². The van der Waals surface area contributed by atoms with E-state index >= 15 is 0 Å². The van der Waals surface area contributed by atoms with Crippen molar-refractivity contribution in [2.24, 2.45) is 5.41 Å². The molecule has 2 rings (SSSR count). The van der Waals surface area contributed by atoms with Gasteiger partial charge in [-0.15, -0.1) is 0 Å². The molecule has 0 aromatic carbocycles. The zero-order valence-corrected chi connectivity index (χ0v) is 12.4. The van der Waals surface area contributed by atoms with Crippen LogP contribution in [0.4, 0.5) is 0 Å². The van der Waals surface area contributed by atoms with Crippen LogP contribution in [-0.2, 0) is 4.79 Å². The summed E-state index contributed by atoms with van der Waals surface area (Å²) in [6, 6.07) is 0.471. The molecule has 1 saturated heterocycles. The number of hydrogen-bond donors (Lipinski definition) is 1. The molecule has 0 bridgehead atoms. The highest BCUT2D eigenvalue weighted by atomic mass is 16.4. The van der Waals surface area contributed by atoms with Crippen molar-refractivity contribution in [2.45, 2.75) is 51.5 Å². The van der Waals surface area contributed by atoms with Crippen LogP contribution in [0.1, 0.15) is 45.4 Å². The fourth-order valence-electron chi connectivity index (χ4n) is 3.65. The van der Waals surface area contributed by atoms with Gasteiger partial charge >= 0.3 is 5.97 Å². The van der Waals surface area contributed by atoms with E-state index in [1.807, 2.05) is 0 Å². The van der Waals surface area contributed by atoms with Crippen molar-refractivity contribution in [1.29, 1.82) is 0 Å². The highest BCUT2D eigenvalue weighted by Gasteiger charge is 2.41. The molecule has 19 heavy (non-hydrogen) atoms. The number of carboxylic acids is 1. The lowest BCUT2D eigenvalue weighted by molar-refractivity contribution is -0.152. The maximum atomic E-state index is 11.8. The Morgan fingerprint density at radius 3 is 2.37 bits per heavy atom. The van der Waals surface area contributed by atoms with Crippen LogP contribution in [0.15, 0.2) is 0 Å². The highest BCUT2D eigenvalue weighted by Crippen LogP contribution is 2.37. The number of nitrogens with zero attached hydrogens (tertiary/aromatic N) is 2. The Kier molecular flexibility index (Phi) is 4.85. The van der Waals surface area contributed by atoms with Crippen molar-refractivity contribution >= 4 is 5.97 Å². The smallest absolute Gasteiger partial charge is 0.310 e. The van der Waals surface area contributed by atoms with Gasteiger partial charge < -0.3 is 10.0 Å². The number of carbonyl (C=O) groups is 1. The Morgan fingerprint density at radius 2 is 1.84 bits per heavy atom. The standard InChI is InChI=1S/C15H28N2O2/c1-13-11-16(2)9-10-17(13)12-15(14(18)19)7-5-3-4-6-8-15/h13H,3-12H2,1-2H3,(H,18,19). The Bertz CT molecular complexity index is 311. The maximum absolute atomic E-state index is 11.8. The minimum absolute atomic E-state index is 0.471. The molecule has 1 N–H and O–H groups in total. The molecule has 1 aliphatic carbocycles. The van der Waals surface area contributed by atoms with Crippen molar-refractivity contribution in [2.75, 3.05) is 33.2 Å². The Labute approximate surface area is 116 Å². The minimum atomic E-state index is -0.569. The Balaban J connectivity index is 2.05. The van der Waals surface area contributed by atoms with E-state index in [2.05, 4.69) is 23.8 Å². The summed E-state index contributed by atoms with van der Waals surface area (Å²) >= 11 is 0. The van der Waals surface area contributed by atoms with Crippen LogP contribution < -0.4 is 0 Å². The second-order valence-corrected chi connectivity index (χ2v) is 6.58. The lowest BCUT2D eigenvalue weighted by atomic mass is 9.79. The minimum Gasteiger partial charge on any atom is -0.481 e. The van der Waals surface area contributed by atoms with Crippen LogP contribution in [0.25, 0.3) is 0 Å². The van der Waals surface area contributed by atoms with E-state index in [0.717, 1.165) is 51.9 Å². The summed E-state index contributed by atoms with van der Waals surface area (Å²) in [7, 11) is 2.15. The van der Waals surface area contributed by atoms with Gasteiger partial charge in [0.25, 0.3) is 0 Å². The summed E-state index contributed by atoms with van der Waals surface area (Å²) in [5.74, 6) is -0.569. The number of carboxylic acid groups (broad SMARTS) is 1. The number of likely N-dealkylation sites (N-methyl/N-ethyl adjacent to an activating group) is 1. The molecule has 110 valence electrons. The molecule has 1 aliphatic heterocycles. The normalized spacial score (nSPS) is 29.9. The lowest BCUT2D eigenvalue weighted by Gasteiger charge is -2.42. The summed E-state index contributed by atoms with van der Waals surface area (Å²) < 4.78 is 0. The van der Waals surface area contributed by atoms with Gasteiger partial charge in [0, 0.05) is 32.2 Å². The number of aliphatic carboxylic acids is 1. The average molecular weight is 268 g/mol. The molecule has 0 aromatic rings. The van der Waals surface area contributed by atoms with Gasteiger partial charge in [-0.3, -0.25) is 9.69 Å². The molecule has 1 unspecified atom stereocenters. The molecule has 0 amide bonds. The van der Waals surface area contributed by atoms with Crippen molar-refractivity contribution < 1.29 is 9.90 Å². The molecule has 4 heteroatoms. The van der Waals surface area contributed by atoms with Gasteiger partial charge in [0.05, 0.1) is 5.41 Å². The third-order valence-electron chi connectivity index (χ3n) is 4.99. The first-order valence-corrected chi connectivity index (χ1v) is 7.69. The van der Waals surface area contributed by atoms with E-state index in [4.69, 9.17) is 0 Å². The van der Waals surface area contributed by atoms with Crippen LogP contribution >= 0.6 is 0 Å². The predicted octanol–water partition coefficient (Wildman–Crippen LogP) is 2.05. The molecular weight excluding hydrogens is 240 g/mol. The van der Waals surface area contributed by atoms with Gasteiger partial charge in [-0.2, -0.15) is 0 Å². The molecule has 1 heterocycles. The fraction of sp³-hybridized carbons (Fsp3) is 0.933. The largest absolute Gasteiger partial charge is 0.481 e. The third-order valence-corrected chi connectivity index (χ3v) is 4.99. The molecular formula is C15H28N2O2. The predicted molar refractivity (Wildman–Crippen MR) is 76.3 cm³/mol. The molecule has 2 fully saturated rings. The van der Waals surface area contributed by atoms with E-state index in [1.165, 1.54) is 12.8 Å².